The van der Waals surface area contributed by atoms with Gasteiger partial charge in [0.15, 0.2) is 5.29 Å². The second kappa shape index (κ2) is 4.11. The summed E-state index contributed by atoms with van der Waals surface area (Å²) in [4.78, 5) is 10.5. The van der Waals surface area contributed by atoms with Gasteiger partial charge < -0.3 is 4.74 Å². The molecule has 6 nitrogen and oxygen atoms in total. The number of ether oxygens (including phenoxy) is 1. The molecule has 1 saturated heterocycles. The molecule has 1 fully saturated rings. The summed E-state index contributed by atoms with van der Waals surface area (Å²) in [5, 5.41) is 11.3. The molecule has 0 aliphatic carbocycles. The number of morpholine rings is 1. The molecule has 1 N–H and O–H groups in total. The third-order valence-electron chi connectivity index (χ3n) is 1.82. The van der Waals surface area contributed by atoms with Gasteiger partial charge in [-0.3, -0.25) is 0 Å². The van der Waals surface area contributed by atoms with Gasteiger partial charge >= 0.3 is 0 Å². The van der Waals surface area contributed by atoms with Crippen LogP contribution in [0, 0.1) is 16.2 Å². The first kappa shape index (κ1) is 9.06. The van der Waals surface area contributed by atoms with Gasteiger partial charge in [0.25, 0.3) is 0 Å². The highest BCUT2D eigenvalue weighted by Crippen LogP contribution is 2.06. The van der Waals surface area contributed by atoms with Crippen molar-refractivity contribution in [2.45, 2.75) is 0 Å². The Morgan fingerprint density at radius 3 is 2.75 bits per heavy atom. The second-order valence-electron chi connectivity index (χ2n) is 2.56. The van der Waals surface area contributed by atoms with Crippen molar-refractivity contribution in [2.75, 3.05) is 32.8 Å². The Morgan fingerprint density at radius 2 is 2.25 bits per heavy atom. The van der Waals surface area contributed by atoms with Crippen LogP contribution in [0.2, 0.25) is 0 Å². The zero-order valence-corrected chi connectivity index (χ0v) is 6.69. The molecule has 1 rings (SSSR count). The van der Waals surface area contributed by atoms with Crippen molar-refractivity contribution in [3.8, 4) is 6.07 Å². The van der Waals surface area contributed by atoms with Gasteiger partial charge in [-0.15, -0.1) is 5.43 Å². The van der Waals surface area contributed by atoms with Crippen LogP contribution in [0.15, 0.2) is 5.29 Å². The molecule has 12 heavy (non-hydrogen) atoms. The van der Waals surface area contributed by atoms with Gasteiger partial charge in [-0.2, -0.15) is 5.26 Å². The first-order chi connectivity index (χ1) is 5.83. The van der Waals surface area contributed by atoms with Crippen LogP contribution in [-0.2, 0) is 4.74 Å². The molecular weight excluding hydrogens is 160 g/mol. The molecular formula is C6H11N4O2+. The fourth-order valence-corrected chi connectivity index (χ4v) is 1.10. The number of hydrogen-bond donors (Lipinski definition) is 1. The summed E-state index contributed by atoms with van der Waals surface area (Å²) in [5.74, 6) is 0. The highest BCUT2D eigenvalue weighted by Gasteiger charge is 2.32. The van der Waals surface area contributed by atoms with Crippen LogP contribution in [0.4, 0.5) is 0 Å². The number of nitrogens with zero attached hydrogens (tertiary/aromatic N) is 3. The molecule has 6 heteroatoms. The molecule has 0 spiro atoms. The number of quaternary nitrogens is 1. The van der Waals surface area contributed by atoms with Gasteiger partial charge in [0.05, 0.1) is 6.07 Å². The lowest BCUT2D eigenvalue weighted by Crippen LogP contribution is -2.59. The summed E-state index contributed by atoms with van der Waals surface area (Å²) >= 11 is 0. The number of nitriles is 1. The maximum Gasteiger partial charge on any atom is 0.175 e. The van der Waals surface area contributed by atoms with Crippen LogP contribution in [0.5, 0.6) is 0 Å². The van der Waals surface area contributed by atoms with E-state index >= 15 is 0 Å². The molecule has 0 radical (unpaired) electrons. The molecule has 0 saturated carbocycles. The van der Waals surface area contributed by atoms with Gasteiger partial charge in [-0.05, 0) is 0 Å². The standard InChI is InChI=1S/C6H11N4O2/c7-1-2-8-10(9-11)3-5-12-6-4-10/h8H,2-6H2/q+1. The molecule has 0 amide bonds. The zero-order valence-electron chi connectivity index (χ0n) is 6.69. The number of nitroso groups, excluding NO2 is 1. The molecule has 0 atom stereocenters. The van der Waals surface area contributed by atoms with Crippen LogP contribution >= 0.6 is 0 Å². The van der Waals surface area contributed by atoms with E-state index in [0.717, 1.165) is 0 Å². The molecule has 0 bridgehead atoms. The van der Waals surface area contributed by atoms with Crippen molar-refractivity contribution in [1.82, 2.24) is 5.43 Å². The smallest absolute Gasteiger partial charge is 0.175 e. The van der Waals surface area contributed by atoms with E-state index < -0.39 is 0 Å². The van der Waals surface area contributed by atoms with Gasteiger partial charge in [-0.25, -0.2) is 0 Å². The van der Waals surface area contributed by atoms with Gasteiger partial charge in [0, 0.05) is 0 Å². The zero-order chi connectivity index (χ0) is 8.86. The van der Waals surface area contributed by atoms with E-state index in [1.807, 2.05) is 6.07 Å². The first-order valence-electron chi connectivity index (χ1n) is 3.75. The monoisotopic (exact) mass is 171 g/mol. The Morgan fingerprint density at radius 1 is 1.58 bits per heavy atom. The van der Waals surface area contributed by atoms with Crippen LogP contribution in [0.25, 0.3) is 0 Å². The minimum absolute atomic E-state index is 0.104. The van der Waals surface area contributed by atoms with Gasteiger partial charge in [-0.1, -0.05) is 9.61 Å². The maximum absolute atomic E-state index is 10.5. The SMILES string of the molecule is N#CCN[N+]1(N=O)CCOCC1. The van der Waals surface area contributed by atoms with E-state index in [0.29, 0.717) is 26.3 Å². The third kappa shape index (κ3) is 1.98. The Labute approximate surface area is 70.2 Å². The van der Waals surface area contributed by atoms with Gasteiger partial charge in [0.1, 0.15) is 32.8 Å². The van der Waals surface area contributed by atoms with Crippen LogP contribution in [0.3, 0.4) is 0 Å². The van der Waals surface area contributed by atoms with Crippen molar-refractivity contribution in [1.29, 1.82) is 5.26 Å². The van der Waals surface area contributed by atoms with Gasteiger partial charge in [0.2, 0.25) is 0 Å². The number of rotatable bonds is 3. The van der Waals surface area contributed by atoms with Crippen LogP contribution < -0.4 is 5.43 Å². The molecule has 0 aromatic carbocycles. The molecule has 0 unspecified atom stereocenters. The van der Waals surface area contributed by atoms with Crippen molar-refractivity contribution in [3.63, 3.8) is 0 Å². The van der Waals surface area contributed by atoms with Crippen molar-refractivity contribution in [3.05, 3.63) is 4.91 Å². The quantitative estimate of drug-likeness (QED) is 0.354. The molecule has 1 aliphatic heterocycles. The maximum atomic E-state index is 10.5. The fraction of sp³-hybridized carbons (Fsp3) is 0.833. The lowest BCUT2D eigenvalue weighted by molar-refractivity contribution is -0.983. The summed E-state index contributed by atoms with van der Waals surface area (Å²) in [5.41, 5.74) is 2.75. The molecule has 0 aromatic rings. The predicted molar refractivity (Wildman–Crippen MR) is 40.2 cm³/mol. The summed E-state index contributed by atoms with van der Waals surface area (Å²) in [6.45, 7) is 2.12. The average Bonchev–Trinajstić information content (AvgIpc) is 2.16. The minimum atomic E-state index is -0.104. The average molecular weight is 171 g/mol. The largest absolute Gasteiger partial charge is 0.369 e. The molecule has 1 aliphatic rings. The summed E-state index contributed by atoms with van der Waals surface area (Å²) < 4.78 is 4.97. The number of nitrogens with one attached hydrogen (secondary N) is 1. The predicted octanol–water partition coefficient (Wildman–Crippen LogP) is -0.457. The Hall–Kier alpha value is -1.03. The van der Waals surface area contributed by atoms with E-state index in [1.165, 1.54) is 0 Å². The highest BCUT2D eigenvalue weighted by atomic mass is 16.5. The highest BCUT2D eigenvalue weighted by molar-refractivity contribution is 4.69. The Bertz CT molecular complexity index is 194. The van der Waals surface area contributed by atoms with E-state index in [2.05, 4.69) is 10.7 Å². The molecule has 66 valence electrons. The van der Waals surface area contributed by atoms with Crippen molar-refractivity contribution in [2.24, 2.45) is 5.29 Å². The molecule has 0 aromatic heterocycles. The third-order valence-corrected chi connectivity index (χ3v) is 1.82. The van der Waals surface area contributed by atoms with Crippen molar-refractivity contribution >= 4 is 0 Å². The minimum Gasteiger partial charge on any atom is -0.369 e. The van der Waals surface area contributed by atoms with E-state index in [1.54, 1.807) is 0 Å². The summed E-state index contributed by atoms with van der Waals surface area (Å²) in [7, 11) is 0. The number of hydrogen-bond acceptors (Lipinski definition) is 5. The van der Waals surface area contributed by atoms with E-state index in [4.69, 9.17) is 10.00 Å². The topological polar surface area (TPSA) is 74.5 Å². The lowest BCUT2D eigenvalue weighted by atomic mass is 10.5. The summed E-state index contributed by atoms with van der Waals surface area (Å²) in [6.07, 6.45) is 0. The normalized spacial score (nSPS) is 21.2. The Balaban J connectivity index is 2.49. The Kier molecular flexibility index (Phi) is 3.10. The first-order valence-corrected chi connectivity index (χ1v) is 3.75. The van der Waals surface area contributed by atoms with E-state index in [-0.39, 0.29) is 11.2 Å². The van der Waals surface area contributed by atoms with E-state index in [9.17, 15) is 4.91 Å². The lowest BCUT2D eigenvalue weighted by Gasteiger charge is -2.30. The van der Waals surface area contributed by atoms with Crippen LogP contribution in [-0.4, -0.2) is 37.5 Å². The second-order valence-corrected chi connectivity index (χ2v) is 2.56. The van der Waals surface area contributed by atoms with Crippen molar-refractivity contribution < 1.29 is 9.44 Å². The molecule has 1 heterocycles. The summed E-state index contributed by atoms with van der Waals surface area (Å²) in [6, 6.07) is 1.91. The fourth-order valence-electron chi connectivity index (χ4n) is 1.10. The van der Waals surface area contributed by atoms with Crippen LogP contribution in [0.1, 0.15) is 0 Å².